The van der Waals surface area contributed by atoms with Crippen molar-refractivity contribution in [3.63, 3.8) is 0 Å². The lowest BCUT2D eigenvalue weighted by Gasteiger charge is -2.34. The van der Waals surface area contributed by atoms with Gasteiger partial charge in [0, 0.05) is 18.6 Å². The third-order valence-corrected chi connectivity index (χ3v) is 3.21. The molecule has 1 N–H and O–H groups in total. The van der Waals surface area contributed by atoms with Gasteiger partial charge in [0.2, 0.25) is 0 Å². The van der Waals surface area contributed by atoms with E-state index in [0.29, 0.717) is 0 Å². The van der Waals surface area contributed by atoms with E-state index < -0.39 is 0 Å². The second-order valence-corrected chi connectivity index (χ2v) is 3.85. The zero-order valence-corrected chi connectivity index (χ0v) is 7.34. The average Bonchev–Trinajstić information content (AvgIpc) is 2.50. The molecule has 11 heavy (non-hydrogen) atoms. The summed E-state index contributed by atoms with van der Waals surface area (Å²) in [7, 11) is 2.08. The number of piperidine rings is 1. The molecule has 2 aliphatic rings. The molecule has 2 heterocycles. The molecule has 0 amide bonds. The van der Waals surface area contributed by atoms with Crippen molar-refractivity contribution < 1.29 is 0 Å². The van der Waals surface area contributed by atoms with Gasteiger partial charge in [0.15, 0.2) is 0 Å². The van der Waals surface area contributed by atoms with E-state index in [1.54, 1.807) is 0 Å². The number of nitrogens with zero attached hydrogens (tertiary/aromatic N) is 1. The van der Waals surface area contributed by atoms with Crippen LogP contribution in [-0.2, 0) is 0 Å². The number of fused-ring (bicyclic) bond motifs is 1. The van der Waals surface area contributed by atoms with E-state index in [9.17, 15) is 0 Å². The van der Waals surface area contributed by atoms with E-state index in [2.05, 4.69) is 17.3 Å². The van der Waals surface area contributed by atoms with Gasteiger partial charge in [0.05, 0.1) is 0 Å². The lowest BCUT2D eigenvalue weighted by Crippen LogP contribution is -2.46. The quantitative estimate of drug-likeness (QED) is 0.602. The Bertz CT molecular complexity index is 136. The summed E-state index contributed by atoms with van der Waals surface area (Å²) in [5.41, 5.74) is 0. The van der Waals surface area contributed by atoms with Gasteiger partial charge in [0.1, 0.15) is 0 Å². The minimum Gasteiger partial charge on any atom is -0.316 e. The molecule has 2 fully saturated rings. The Morgan fingerprint density at radius 2 is 2.18 bits per heavy atom. The van der Waals surface area contributed by atoms with Crippen LogP contribution in [0.25, 0.3) is 0 Å². The Morgan fingerprint density at radius 3 is 3.00 bits per heavy atom. The molecule has 2 saturated heterocycles. The van der Waals surface area contributed by atoms with Gasteiger partial charge in [-0.1, -0.05) is 0 Å². The van der Waals surface area contributed by atoms with Crippen LogP contribution in [0.15, 0.2) is 0 Å². The Morgan fingerprint density at radius 1 is 1.27 bits per heavy atom. The largest absolute Gasteiger partial charge is 0.316 e. The maximum absolute atomic E-state index is 3.37. The van der Waals surface area contributed by atoms with Crippen LogP contribution in [0, 0.1) is 0 Å². The maximum atomic E-state index is 3.37. The molecule has 2 aliphatic heterocycles. The van der Waals surface area contributed by atoms with E-state index in [0.717, 1.165) is 12.1 Å². The van der Waals surface area contributed by atoms with Crippen molar-refractivity contribution in [2.24, 2.45) is 0 Å². The number of likely N-dealkylation sites (N-methyl/N-ethyl adjacent to an activating group) is 1. The summed E-state index contributed by atoms with van der Waals surface area (Å²) < 4.78 is 0. The number of nitrogens with one attached hydrogen (secondary N) is 1. The van der Waals surface area contributed by atoms with Crippen LogP contribution in [0.4, 0.5) is 0 Å². The SMILES string of the molecule is CNC1CCC2CCCN2C1. The lowest BCUT2D eigenvalue weighted by molar-refractivity contribution is 0.167. The van der Waals surface area contributed by atoms with E-state index in [1.807, 2.05) is 0 Å². The predicted molar refractivity (Wildman–Crippen MR) is 46.7 cm³/mol. The fourth-order valence-corrected chi connectivity index (χ4v) is 2.47. The second kappa shape index (κ2) is 3.11. The molecule has 0 aromatic heterocycles. The third kappa shape index (κ3) is 1.42. The predicted octanol–water partition coefficient (Wildman–Crippen LogP) is 0.833. The monoisotopic (exact) mass is 154 g/mol. The molecule has 0 radical (unpaired) electrons. The average molecular weight is 154 g/mol. The van der Waals surface area contributed by atoms with Gasteiger partial charge >= 0.3 is 0 Å². The molecule has 0 spiro atoms. The zero-order valence-electron chi connectivity index (χ0n) is 7.34. The molecular formula is C9H18N2. The second-order valence-electron chi connectivity index (χ2n) is 3.85. The summed E-state index contributed by atoms with van der Waals surface area (Å²) in [4.78, 5) is 2.66. The van der Waals surface area contributed by atoms with Gasteiger partial charge in [-0.05, 0) is 39.3 Å². The first-order chi connectivity index (χ1) is 5.40. The molecule has 2 rings (SSSR count). The first-order valence-corrected chi connectivity index (χ1v) is 4.81. The van der Waals surface area contributed by atoms with Crippen molar-refractivity contribution in [2.45, 2.75) is 37.8 Å². The fourth-order valence-electron chi connectivity index (χ4n) is 2.47. The van der Waals surface area contributed by atoms with Crippen molar-refractivity contribution in [2.75, 3.05) is 20.1 Å². The van der Waals surface area contributed by atoms with Crippen LogP contribution in [0.2, 0.25) is 0 Å². The Labute approximate surface area is 69.0 Å². The van der Waals surface area contributed by atoms with Crippen LogP contribution >= 0.6 is 0 Å². The molecule has 64 valence electrons. The zero-order chi connectivity index (χ0) is 7.68. The standard InChI is InChI=1S/C9H18N2/c1-10-8-4-5-9-3-2-6-11(9)7-8/h8-10H,2-7H2,1H3. The first kappa shape index (κ1) is 7.56. The smallest absolute Gasteiger partial charge is 0.0192 e. The maximum Gasteiger partial charge on any atom is 0.0192 e. The fraction of sp³-hybridized carbons (Fsp3) is 1.00. The lowest BCUT2D eigenvalue weighted by atomic mass is 9.99. The van der Waals surface area contributed by atoms with Crippen LogP contribution < -0.4 is 5.32 Å². The molecule has 0 saturated carbocycles. The van der Waals surface area contributed by atoms with Crippen LogP contribution in [0.1, 0.15) is 25.7 Å². The van der Waals surface area contributed by atoms with Gasteiger partial charge in [-0.15, -0.1) is 0 Å². The minimum absolute atomic E-state index is 0.768. The highest BCUT2D eigenvalue weighted by Gasteiger charge is 2.30. The van der Waals surface area contributed by atoms with Crippen LogP contribution in [0.5, 0.6) is 0 Å². The molecule has 0 bridgehead atoms. The van der Waals surface area contributed by atoms with E-state index in [4.69, 9.17) is 0 Å². The summed E-state index contributed by atoms with van der Waals surface area (Å²) in [6.45, 7) is 2.64. The van der Waals surface area contributed by atoms with Gasteiger partial charge in [-0.2, -0.15) is 0 Å². The topological polar surface area (TPSA) is 15.3 Å². The Balaban J connectivity index is 1.91. The van der Waals surface area contributed by atoms with Crippen molar-refractivity contribution in [3.8, 4) is 0 Å². The summed E-state index contributed by atoms with van der Waals surface area (Å²) in [6, 6.07) is 1.71. The Hall–Kier alpha value is -0.0800. The number of rotatable bonds is 1. The Kier molecular flexibility index (Phi) is 2.14. The van der Waals surface area contributed by atoms with Gasteiger partial charge in [-0.25, -0.2) is 0 Å². The molecular weight excluding hydrogens is 136 g/mol. The normalized spacial score (nSPS) is 39.0. The molecule has 2 atom stereocenters. The molecule has 2 unspecified atom stereocenters. The van der Waals surface area contributed by atoms with E-state index in [1.165, 1.54) is 38.8 Å². The first-order valence-electron chi connectivity index (χ1n) is 4.81. The minimum atomic E-state index is 0.768. The molecule has 0 aromatic carbocycles. The summed E-state index contributed by atoms with van der Waals surface area (Å²) in [6.07, 6.45) is 5.70. The van der Waals surface area contributed by atoms with Crippen LogP contribution in [-0.4, -0.2) is 37.1 Å². The molecule has 0 aliphatic carbocycles. The van der Waals surface area contributed by atoms with Gasteiger partial charge in [0.25, 0.3) is 0 Å². The van der Waals surface area contributed by atoms with Crippen molar-refractivity contribution in [1.82, 2.24) is 10.2 Å². The highest BCUT2D eigenvalue weighted by molar-refractivity contribution is 4.88. The van der Waals surface area contributed by atoms with Crippen molar-refractivity contribution in [1.29, 1.82) is 0 Å². The number of hydrogen-bond donors (Lipinski definition) is 1. The molecule has 2 heteroatoms. The highest BCUT2D eigenvalue weighted by Crippen LogP contribution is 2.26. The van der Waals surface area contributed by atoms with Crippen LogP contribution in [0.3, 0.4) is 0 Å². The van der Waals surface area contributed by atoms with E-state index >= 15 is 0 Å². The van der Waals surface area contributed by atoms with E-state index in [-0.39, 0.29) is 0 Å². The number of hydrogen-bond acceptors (Lipinski definition) is 2. The summed E-state index contributed by atoms with van der Waals surface area (Å²) in [5, 5.41) is 3.37. The summed E-state index contributed by atoms with van der Waals surface area (Å²) >= 11 is 0. The highest BCUT2D eigenvalue weighted by atomic mass is 15.2. The van der Waals surface area contributed by atoms with Crippen molar-refractivity contribution in [3.05, 3.63) is 0 Å². The molecule has 2 nitrogen and oxygen atoms in total. The van der Waals surface area contributed by atoms with Gasteiger partial charge < -0.3 is 5.32 Å². The molecule has 0 aromatic rings. The summed E-state index contributed by atoms with van der Waals surface area (Å²) in [5.74, 6) is 0. The van der Waals surface area contributed by atoms with Crippen molar-refractivity contribution >= 4 is 0 Å². The third-order valence-electron chi connectivity index (χ3n) is 3.21. The van der Waals surface area contributed by atoms with Gasteiger partial charge in [-0.3, -0.25) is 4.90 Å².